The van der Waals surface area contributed by atoms with Crippen molar-refractivity contribution in [1.29, 1.82) is 0 Å². The van der Waals surface area contributed by atoms with Gasteiger partial charge in [-0.15, -0.1) is 0 Å². The average molecular weight is 343 g/mol. The maximum absolute atomic E-state index is 9.40. The molecule has 90 valence electrons. The third-order valence-electron chi connectivity index (χ3n) is 2.58. The number of halogens is 1. The number of benzene rings is 1. The van der Waals surface area contributed by atoms with E-state index >= 15 is 0 Å². The van der Waals surface area contributed by atoms with Gasteiger partial charge in [0.1, 0.15) is 11.5 Å². The van der Waals surface area contributed by atoms with E-state index in [2.05, 4.69) is 34.8 Å². The SMILES string of the molecule is CC(NCc1ccc(I)o1)c1cccc(O)c1. The zero-order chi connectivity index (χ0) is 12.3. The van der Waals surface area contributed by atoms with Gasteiger partial charge in [0.25, 0.3) is 0 Å². The topological polar surface area (TPSA) is 45.4 Å². The largest absolute Gasteiger partial charge is 0.508 e. The van der Waals surface area contributed by atoms with Crippen molar-refractivity contribution < 1.29 is 9.52 Å². The van der Waals surface area contributed by atoms with E-state index < -0.39 is 0 Å². The summed E-state index contributed by atoms with van der Waals surface area (Å²) in [5.74, 6) is 1.21. The second-order valence-electron chi connectivity index (χ2n) is 3.90. The molecule has 0 saturated carbocycles. The van der Waals surface area contributed by atoms with Crippen LogP contribution >= 0.6 is 22.6 Å². The quantitative estimate of drug-likeness (QED) is 0.836. The van der Waals surface area contributed by atoms with Crippen molar-refractivity contribution in [3.63, 3.8) is 0 Å². The molecule has 0 aliphatic rings. The van der Waals surface area contributed by atoms with Gasteiger partial charge < -0.3 is 14.8 Å². The van der Waals surface area contributed by atoms with Gasteiger partial charge in [-0.05, 0) is 59.3 Å². The Morgan fingerprint density at radius 1 is 1.35 bits per heavy atom. The summed E-state index contributed by atoms with van der Waals surface area (Å²) in [5, 5.41) is 12.8. The van der Waals surface area contributed by atoms with Gasteiger partial charge in [-0.1, -0.05) is 12.1 Å². The Kier molecular flexibility index (Phi) is 4.06. The molecule has 17 heavy (non-hydrogen) atoms. The van der Waals surface area contributed by atoms with Crippen LogP contribution in [0.25, 0.3) is 0 Å². The number of nitrogens with one attached hydrogen (secondary N) is 1. The van der Waals surface area contributed by atoms with E-state index in [0.29, 0.717) is 12.3 Å². The normalized spacial score (nSPS) is 12.6. The molecule has 3 nitrogen and oxygen atoms in total. The van der Waals surface area contributed by atoms with Gasteiger partial charge in [0.2, 0.25) is 0 Å². The molecule has 2 N–H and O–H groups in total. The van der Waals surface area contributed by atoms with E-state index in [4.69, 9.17) is 4.42 Å². The molecule has 2 rings (SSSR count). The molecule has 0 fully saturated rings. The van der Waals surface area contributed by atoms with Crippen molar-refractivity contribution in [1.82, 2.24) is 5.32 Å². The minimum atomic E-state index is 0.171. The molecule has 1 atom stereocenters. The molecule has 1 unspecified atom stereocenters. The van der Waals surface area contributed by atoms with Crippen LogP contribution in [-0.4, -0.2) is 5.11 Å². The third-order valence-corrected chi connectivity index (χ3v) is 3.16. The lowest BCUT2D eigenvalue weighted by atomic mass is 10.1. The minimum absolute atomic E-state index is 0.171. The van der Waals surface area contributed by atoms with Crippen LogP contribution in [0.5, 0.6) is 5.75 Å². The predicted octanol–water partition coefficient (Wildman–Crippen LogP) is 3.44. The van der Waals surface area contributed by atoms with Gasteiger partial charge in [-0.2, -0.15) is 0 Å². The smallest absolute Gasteiger partial charge is 0.164 e. The molecule has 0 radical (unpaired) electrons. The lowest BCUT2D eigenvalue weighted by molar-refractivity contribution is 0.443. The molecule has 4 heteroatoms. The molecule has 1 aromatic carbocycles. The highest BCUT2D eigenvalue weighted by atomic mass is 127. The second-order valence-corrected chi connectivity index (χ2v) is 4.97. The average Bonchev–Trinajstić information content (AvgIpc) is 2.72. The maximum atomic E-state index is 9.40. The van der Waals surface area contributed by atoms with Gasteiger partial charge in [-0.3, -0.25) is 0 Å². The zero-order valence-corrected chi connectivity index (χ0v) is 11.6. The molecular weight excluding hydrogens is 329 g/mol. The Hall–Kier alpha value is -1.01. The van der Waals surface area contributed by atoms with E-state index in [0.717, 1.165) is 15.1 Å². The number of aromatic hydroxyl groups is 1. The van der Waals surface area contributed by atoms with Crippen molar-refractivity contribution in [3.8, 4) is 5.75 Å². The molecule has 0 saturated heterocycles. The number of hydrogen-bond donors (Lipinski definition) is 2. The zero-order valence-electron chi connectivity index (χ0n) is 9.48. The summed E-state index contributed by atoms with van der Waals surface area (Å²) < 4.78 is 6.36. The van der Waals surface area contributed by atoms with E-state index in [1.807, 2.05) is 24.3 Å². The molecule has 1 aromatic heterocycles. The second kappa shape index (κ2) is 5.55. The third kappa shape index (κ3) is 3.47. The van der Waals surface area contributed by atoms with Crippen LogP contribution in [0.2, 0.25) is 0 Å². The first-order valence-corrected chi connectivity index (χ1v) is 6.49. The highest BCUT2D eigenvalue weighted by molar-refractivity contribution is 14.1. The number of phenols is 1. The van der Waals surface area contributed by atoms with Crippen LogP contribution < -0.4 is 5.32 Å². The van der Waals surface area contributed by atoms with Gasteiger partial charge >= 0.3 is 0 Å². The Morgan fingerprint density at radius 2 is 2.18 bits per heavy atom. The van der Waals surface area contributed by atoms with E-state index in [9.17, 15) is 5.11 Å². The molecule has 0 amide bonds. The number of phenolic OH excluding ortho intramolecular Hbond substituents is 1. The monoisotopic (exact) mass is 343 g/mol. The Morgan fingerprint density at radius 3 is 2.82 bits per heavy atom. The lowest BCUT2D eigenvalue weighted by Crippen LogP contribution is -2.17. The van der Waals surface area contributed by atoms with Crippen molar-refractivity contribution in [3.05, 3.63) is 51.5 Å². The molecule has 1 heterocycles. The molecule has 2 aromatic rings. The van der Waals surface area contributed by atoms with Gasteiger partial charge in [0, 0.05) is 6.04 Å². The van der Waals surface area contributed by atoms with E-state index in [1.54, 1.807) is 12.1 Å². The Labute approximate surface area is 114 Å². The molecule has 0 spiro atoms. The van der Waals surface area contributed by atoms with Crippen molar-refractivity contribution >= 4 is 22.6 Å². The van der Waals surface area contributed by atoms with Crippen LogP contribution in [0, 0.1) is 3.77 Å². The summed E-state index contributed by atoms with van der Waals surface area (Å²) in [5.41, 5.74) is 1.06. The fourth-order valence-corrected chi connectivity index (χ4v) is 2.08. The van der Waals surface area contributed by atoms with Crippen LogP contribution in [0.3, 0.4) is 0 Å². The van der Waals surface area contributed by atoms with Crippen molar-refractivity contribution in [2.24, 2.45) is 0 Å². The summed E-state index contributed by atoms with van der Waals surface area (Å²) in [7, 11) is 0. The predicted molar refractivity (Wildman–Crippen MR) is 74.8 cm³/mol. The lowest BCUT2D eigenvalue weighted by Gasteiger charge is -2.13. The summed E-state index contributed by atoms with van der Waals surface area (Å²) >= 11 is 2.15. The van der Waals surface area contributed by atoms with Crippen LogP contribution in [0.1, 0.15) is 24.3 Å². The Bertz CT molecular complexity index is 496. The summed E-state index contributed by atoms with van der Waals surface area (Å²) in [4.78, 5) is 0. The first-order valence-electron chi connectivity index (χ1n) is 5.41. The van der Waals surface area contributed by atoms with Crippen LogP contribution in [0.4, 0.5) is 0 Å². The molecule has 0 aliphatic carbocycles. The standard InChI is InChI=1S/C13H14INO2/c1-9(10-3-2-4-11(16)7-10)15-8-12-5-6-13(14)17-12/h2-7,9,15-16H,8H2,1H3. The van der Waals surface area contributed by atoms with Gasteiger partial charge in [0.05, 0.1) is 6.54 Å². The number of hydrogen-bond acceptors (Lipinski definition) is 3. The van der Waals surface area contributed by atoms with Gasteiger partial charge in [0.15, 0.2) is 3.77 Å². The Balaban J connectivity index is 1.95. The number of rotatable bonds is 4. The maximum Gasteiger partial charge on any atom is 0.164 e. The summed E-state index contributed by atoms with van der Waals surface area (Å²) in [6.07, 6.45) is 0. The molecule has 0 aliphatic heterocycles. The highest BCUT2D eigenvalue weighted by Gasteiger charge is 2.06. The van der Waals surface area contributed by atoms with Crippen molar-refractivity contribution in [2.75, 3.05) is 0 Å². The summed E-state index contributed by atoms with van der Waals surface area (Å²) in [6, 6.07) is 11.3. The first-order chi connectivity index (χ1) is 8.15. The van der Waals surface area contributed by atoms with Crippen LogP contribution in [-0.2, 0) is 6.54 Å². The van der Waals surface area contributed by atoms with Gasteiger partial charge in [-0.25, -0.2) is 0 Å². The van der Waals surface area contributed by atoms with E-state index in [1.165, 1.54) is 0 Å². The molecular formula is C13H14INO2. The minimum Gasteiger partial charge on any atom is -0.508 e. The first kappa shape index (κ1) is 12.4. The number of furan rings is 1. The fraction of sp³-hybridized carbons (Fsp3) is 0.231. The van der Waals surface area contributed by atoms with Crippen molar-refractivity contribution in [2.45, 2.75) is 19.5 Å². The summed E-state index contributed by atoms with van der Waals surface area (Å²) in [6.45, 7) is 2.74. The van der Waals surface area contributed by atoms with E-state index in [-0.39, 0.29) is 6.04 Å². The van der Waals surface area contributed by atoms with Crippen LogP contribution in [0.15, 0.2) is 40.8 Å². The highest BCUT2D eigenvalue weighted by Crippen LogP contribution is 2.18. The molecule has 0 bridgehead atoms. The fourth-order valence-electron chi connectivity index (χ4n) is 1.61.